The lowest BCUT2D eigenvalue weighted by Gasteiger charge is -2.35. The van der Waals surface area contributed by atoms with E-state index < -0.39 is 34.1 Å². The van der Waals surface area contributed by atoms with E-state index in [1.807, 2.05) is 56.3 Å². The molecule has 0 radical (unpaired) electrons. The monoisotopic (exact) mass is 716 g/mol. The third-order valence-electron chi connectivity index (χ3n) is 9.24. The molecular weight excluding hydrogens is 669 g/mol. The van der Waals surface area contributed by atoms with Gasteiger partial charge in [0.2, 0.25) is 10.0 Å². The van der Waals surface area contributed by atoms with Gasteiger partial charge in [-0.25, -0.2) is 13.2 Å². The molecule has 0 saturated heterocycles. The number of ether oxygens (including phenoxy) is 2. The zero-order valence-electron chi connectivity index (χ0n) is 29.6. The van der Waals surface area contributed by atoms with Crippen molar-refractivity contribution in [3.8, 4) is 5.75 Å². The number of likely N-dealkylation sites (N-methyl/N-ethyl adjacent to an activating group) is 1. The van der Waals surface area contributed by atoms with E-state index in [0.29, 0.717) is 30.2 Å². The lowest BCUT2D eigenvalue weighted by Crippen LogP contribution is -2.48. The summed E-state index contributed by atoms with van der Waals surface area (Å²) in [4.78, 5) is 29.4. The highest BCUT2D eigenvalue weighted by molar-refractivity contribution is 7.89. The van der Waals surface area contributed by atoms with E-state index in [-0.39, 0.29) is 42.2 Å². The summed E-state index contributed by atoms with van der Waals surface area (Å²) in [6.07, 6.45) is 1.46. The Morgan fingerprint density at radius 3 is 2.47 bits per heavy atom. The van der Waals surface area contributed by atoms with Crippen LogP contribution in [0.1, 0.15) is 50.4 Å². The van der Waals surface area contributed by atoms with Crippen LogP contribution < -0.4 is 15.4 Å². The van der Waals surface area contributed by atoms with Gasteiger partial charge in [-0.1, -0.05) is 61.5 Å². The van der Waals surface area contributed by atoms with Crippen LogP contribution in [0.3, 0.4) is 0 Å². The average molecular weight is 717 g/mol. The van der Waals surface area contributed by atoms with Crippen LogP contribution in [0, 0.1) is 5.92 Å². The number of anilines is 2. The van der Waals surface area contributed by atoms with Crippen molar-refractivity contribution in [1.29, 1.82) is 0 Å². The second kappa shape index (κ2) is 17.1. The molecule has 1 aliphatic rings. The summed E-state index contributed by atoms with van der Waals surface area (Å²) in [5.41, 5.74) is 1.26. The van der Waals surface area contributed by atoms with Gasteiger partial charge in [-0.3, -0.25) is 4.79 Å². The van der Waals surface area contributed by atoms with Crippen molar-refractivity contribution in [3.63, 3.8) is 0 Å². The van der Waals surface area contributed by atoms with Crippen molar-refractivity contribution >= 4 is 44.1 Å². The lowest BCUT2D eigenvalue weighted by atomic mass is 10.0. The fourth-order valence-electron chi connectivity index (χ4n) is 6.21. The largest absolute Gasteiger partial charge is 0.490 e. The molecule has 3 amide bonds. The summed E-state index contributed by atoms with van der Waals surface area (Å²) in [7, 11) is -2.25. The molecule has 5 rings (SSSR count). The molecular formula is C39H48N4O7S. The zero-order valence-corrected chi connectivity index (χ0v) is 30.4. The molecule has 11 nitrogen and oxygen atoms in total. The molecule has 51 heavy (non-hydrogen) atoms. The van der Waals surface area contributed by atoms with Crippen LogP contribution in [0.5, 0.6) is 5.75 Å². The summed E-state index contributed by atoms with van der Waals surface area (Å²) < 4.78 is 40.8. The molecule has 1 heterocycles. The molecule has 0 aromatic heterocycles. The van der Waals surface area contributed by atoms with Crippen molar-refractivity contribution in [2.75, 3.05) is 44.0 Å². The predicted octanol–water partition coefficient (Wildman–Crippen LogP) is 6.60. The second-order valence-electron chi connectivity index (χ2n) is 13.2. The van der Waals surface area contributed by atoms with Crippen molar-refractivity contribution in [2.24, 2.45) is 5.92 Å². The molecule has 12 heteroatoms. The first kappa shape index (κ1) is 37.8. The number of sulfonamides is 1. The topological polar surface area (TPSA) is 138 Å². The first-order valence-electron chi connectivity index (χ1n) is 17.4. The maximum absolute atomic E-state index is 14.5. The van der Waals surface area contributed by atoms with Gasteiger partial charge < -0.3 is 30.1 Å². The van der Waals surface area contributed by atoms with Crippen LogP contribution in [0.4, 0.5) is 16.2 Å². The van der Waals surface area contributed by atoms with Gasteiger partial charge in [-0.15, -0.1) is 0 Å². The predicted molar refractivity (Wildman–Crippen MR) is 200 cm³/mol. The highest BCUT2D eigenvalue weighted by atomic mass is 32.2. The molecule has 1 aliphatic heterocycles. The van der Waals surface area contributed by atoms with E-state index in [1.54, 1.807) is 60.4 Å². The summed E-state index contributed by atoms with van der Waals surface area (Å²) >= 11 is 0. The Balaban J connectivity index is 1.42. The Morgan fingerprint density at radius 2 is 1.71 bits per heavy atom. The number of fused-ring (bicyclic) bond motifs is 2. The molecule has 272 valence electrons. The number of nitrogens with one attached hydrogen (secondary N) is 2. The Labute approximate surface area is 300 Å². The number of amides is 3. The first-order chi connectivity index (χ1) is 24.5. The quantitative estimate of drug-likeness (QED) is 0.187. The zero-order chi connectivity index (χ0) is 36.5. The van der Waals surface area contributed by atoms with E-state index in [4.69, 9.17) is 9.47 Å². The van der Waals surface area contributed by atoms with Gasteiger partial charge in [-0.05, 0) is 74.9 Å². The number of aliphatic hydroxyl groups is 1. The molecule has 0 saturated carbocycles. The lowest BCUT2D eigenvalue weighted by molar-refractivity contribution is -0.00833. The van der Waals surface area contributed by atoms with Gasteiger partial charge in [0, 0.05) is 43.7 Å². The average Bonchev–Trinajstić information content (AvgIpc) is 3.13. The minimum absolute atomic E-state index is 0.0733. The molecule has 0 bridgehead atoms. The smallest absolute Gasteiger partial charge is 0.323 e. The Kier molecular flexibility index (Phi) is 12.7. The van der Waals surface area contributed by atoms with Crippen LogP contribution in [0.15, 0.2) is 95.9 Å². The molecule has 0 spiro atoms. The normalized spacial score (nSPS) is 19.8. The Bertz CT molecular complexity index is 1900. The van der Waals surface area contributed by atoms with Crippen LogP contribution >= 0.6 is 0 Å². The highest BCUT2D eigenvalue weighted by Crippen LogP contribution is 2.29. The number of aliphatic hydroxyl groups excluding tert-OH is 1. The van der Waals surface area contributed by atoms with Gasteiger partial charge in [-0.2, -0.15) is 4.31 Å². The van der Waals surface area contributed by atoms with Crippen molar-refractivity contribution in [3.05, 3.63) is 96.6 Å². The van der Waals surface area contributed by atoms with Gasteiger partial charge in [0.25, 0.3) is 5.91 Å². The molecule has 0 aliphatic carbocycles. The summed E-state index contributed by atoms with van der Waals surface area (Å²) in [6, 6.07) is 25.6. The van der Waals surface area contributed by atoms with E-state index in [2.05, 4.69) is 10.6 Å². The van der Waals surface area contributed by atoms with E-state index >= 15 is 0 Å². The van der Waals surface area contributed by atoms with E-state index in [1.165, 1.54) is 11.4 Å². The second-order valence-corrected chi connectivity index (χ2v) is 15.3. The minimum Gasteiger partial charge on any atom is -0.490 e. The maximum atomic E-state index is 14.5. The van der Waals surface area contributed by atoms with E-state index in [9.17, 15) is 23.1 Å². The number of hydrogen-bond acceptors (Lipinski definition) is 7. The maximum Gasteiger partial charge on any atom is 0.323 e. The Morgan fingerprint density at radius 1 is 0.980 bits per heavy atom. The first-order valence-corrected chi connectivity index (χ1v) is 18.8. The van der Waals surface area contributed by atoms with Gasteiger partial charge in [0.15, 0.2) is 0 Å². The van der Waals surface area contributed by atoms with Crippen molar-refractivity contribution in [1.82, 2.24) is 9.21 Å². The number of carbonyl (C=O) groups excluding carboxylic acids is 2. The third-order valence-corrected chi connectivity index (χ3v) is 11.1. The highest BCUT2D eigenvalue weighted by Gasteiger charge is 2.32. The van der Waals surface area contributed by atoms with Gasteiger partial charge >= 0.3 is 6.03 Å². The molecule has 4 atom stereocenters. The van der Waals surface area contributed by atoms with E-state index in [0.717, 1.165) is 23.6 Å². The van der Waals surface area contributed by atoms with Gasteiger partial charge in [0.1, 0.15) is 5.75 Å². The molecule has 4 aromatic carbocycles. The van der Waals surface area contributed by atoms with Crippen LogP contribution in [-0.4, -0.2) is 86.3 Å². The van der Waals surface area contributed by atoms with Crippen LogP contribution in [-0.2, 0) is 14.8 Å². The molecule has 4 aromatic rings. The SMILES string of the molecule is C[C@H](CO)N1C[C@H](C)[C@@H](CN(C)S(=O)(=O)c2ccccc2)OCCCC[C@H](C)Oc2ccc(NC(=O)Nc3cccc4ccccc34)cc2C1=O. The number of hydrogen-bond donors (Lipinski definition) is 3. The fourth-order valence-corrected chi connectivity index (χ4v) is 7.41. The fraction of sp³-hybridized carbons (Fsp3) is 0.385. The van der Waals surface area contributed by atoms with Crippen LogP contribution in [0.2, 0.25) is 0 Å². The number of carbonyl (C=O) groups is 2. The van der Waals surface area contributed by atoms with Crippen molar-refractivity contribution in [2.45, 2.75) is 63.2 Å². The summed E-state index contributed by atoms with van der Waals surface area (Å²) in [5.74, 6) is -0.353. The van der Waals surface area contributed by atoms with Crippen molar-refractivity contribution < 1.29 is 32.6 Å². The number of nitrogens with zero attached hydrogens (tertiary/aromatic N) is 2. The minimum atomic E-state index is -3.78. The standard InChI is InChI=1S/C39H48N4O7S/c1-27-24-43(28(2)26-44)38(45)34-23-31(40-39(46)41-35-19-12-15-30-14-8-9-18-33(30)35)20-21-36(34)50-29(3)13-10-11-22-49-37(27)25-42(4)51(47,48)32-16-6-5-7-17-32/h5-9,12,14-21,23,27-29,37,44H,10-11,13,22,24-26H2,1-4H3,(H2,40,41,46)/t27-,28+,29-,37+/m0/s1. The van der Waals surface area contributed by atoms with Crippen LogP contribution in [0.25, 0.3) is 10.8 Å². The summed E-state index contributed by atoms with van der Waals surface area (Å²) in [5, 5.41) is 17.9. The Hall–Kier alpha value is -4.49. The molecule has 0 fully saturated rings. The number of rotatable bonds is 8. The molecule has 3 N–H and O–H groups in total. The van der Waals surface area contributed by atoms with Gasteiger partial charge in [0.05, 0.1) is 41.0 Å². The number of benzene rings is 4. The number of urea groups is 1. The summed E-state index contributed by atoms with van der Waals surface area (Å²) in [6.45, 7) is 5.95. The third kappa shape index (κ3) is 9.44. The molecule has 0 unspecified atom stereocenters.